The Labute approximate surface area is 74.9 Å². The van der Waals surface area contributed by atoms with Crippen LogP contribution in [0.4, 0.5) is 0 Å². The lowest BCUT2D eigenvalue weighted by atomic mass is 9.96. The van der Waals surface area contributed by atoms with E-state index in [1.807, 2.05) is 0 Å². The fraction of sp³-hybridized carbons (Fsp3) is 1.00. The minimum atomic E-state index is 0.435. The van der Waals surface area contributed by atoms with Crippen molar-refractivity contribution in [1.82, 2.24) is 4.90 Å². The van der Waals surface area contributed by atoms with Crippen molar-refractivity contribution in [3.05, 3.63) is 0 Å². The standard InChI is InChI=1S/C10H19NO/c1-10(2,3)7-11-5-9-4-8(11)6-12-9/h8-9H,4-7H2,1-3H3. The number of hydrogen-bond acceptors (Lipinski definition) is 2. The van der Waals surface area contributed by atoms with E-state index in [0.29, 0.717) is 11.5 Å². The first kappa shape index (κ1) is 8.52. The van der Waals surface area contributed by atoms with Crippen LogP contribution < -0.4 is 0 Å². The second-order valence-corrected chi connectivity index (χ2v) is 5.33. The Bertz CT molecular complexity index is 173. The summed E-state index contributed by atoms with van der Waals surface area (Å²) in [7, 11) is 0. The molecule has 2 nitrogen and oxygen atoms in total. The molecule has 2 rings (SSSR count). The largest absolute Gasteiger partial charge is 0.375 e. The number of likely N-dealkylation sites (tertiary alicyclic amines) is 1. The monoisotopic (exact) mass is 169 g/mol. The second-order valence-electron chi connectivity index (χ2n) is 5.33. The van der Waals surface area contributed by atoms with Gasteiger partial charge in [-0.2, -0.15) is 0 Å². The average molecular weight is 169 g/mol. The molecule has 2 heteroatoms. The molecule has 2 unspecified atom stereocenters. The maximum absolute atomic E-state index is 5.55. The van der Waals surface area contributed by atoms with Crippen LogP contribution in [0.25, 0.3) is 0 Å². The van der Waals surface area contributed by atoms with E-state index in [4.69, 9.17) is 4.74 Å². The van der Waals surface area contributed by atoms with Crippen LogP contribution in [0.2, 0.25) is 0 Å². The lowest BCUT2D eigenvalue weighted by molar-refractivity contribution is 0.0180. The van der Waals surface area contributed by atoms with Crippen molar-refractivity contribution in [2.45, 2.75) is 39.3 Å². The van der Waals surface area contributed by atoms with E-state index >= 15 is 0 Å². The van der Waals surface area contributed by atoms with Crippen molar-refractivity contribution in [2.24, 2.45) is 5.41 Å². The topological polar surface area (TPSA) is 12.5 Å². The molecular formula is C10H19NO. The molecule has 0 saturated carbocycles. The molecule has 2 aliphatic heterocycles. The predicted octanol–water partition coefficient (Wildman–Crippen LogP) is 1.51. The molecule has 2 saturated heterocycles. The van der Waals surface area contributed by atoms with Crippen molar-refractivity contribution in [3.63, 3.8) is 0 Å². The van der Waals surface area contributed by atoms with Crippen molar-refractivity contribution in [3.8, 4) is 0 Å². The van der Waals surface area contributed by atoms with Gasteiger partial charge in [-0.3, -0.25) is 4.90 Å². The van der Waals surface area contributed by atoms with E-state index in [-0.39, 0.29) is 0 Å². The molecule has 2 heterocycles. The first-order valence-electron chi connectivity index (χ1n) is 4.90. The zero-order chi connectivity index (χ0) is 8.77. The van der Waals surface area contributed by atoms with Gasteiger partial charge in [0.15, 0.2) is 0 Å². The third-order valence-corrected chi connectivity index (χ3v) is 2.69. The summed E-state index contributed by atoms with van der Waals surface area (Å²) in [6.45, 7) is 10.3. The van der Waals surface area contributed by atoms with Gasteiger partial charge in [0, 0.05) is 19.1 Å². The fourth-order valence-electron chi connectivity index (χ4n) is 2.28. The second kappa shape index (κ2) is 2.71. The highest BCUT2D eigenvalue weighted by Gasteiger charge is 2.39. The molecule has 0 radical (unpaired) electrons. The van der Waals surface area contributed by atoms with Gasteiger partial charge in [-0.05, 0) is 11.8 Å². The third-order valence-electron chi connectivity index (χ3n) is 2.69. The van der Waals surface area contributed by atoms with E-state index in [1.54, 1.807) is 0 Å². The van der Waals surface area contributed by atoms with E-state index in [0.717, 1.165) is 12.6 Å². The van der Waals surface area contributed by atoms with Crippen LogP contribution in [0.15, 0.2) is 0 Å². The Morgan fingerprint density at radius 3 is 2.58 bits per heavy atom. The number of nitrogens with zero attached hydrogens (tertiary/aromatic N) is 1. The van der Waals surface area contributed by atoms with E-state index in [1.165, 1.54) is 19.5 Å². The molecule has 2 aliphatic rings. The molecule has 0 aromatic carbocycles. The molecule has 0 amide bonds. The zero-order valence-electron chi connectivity index (χ0n) is 8.34. The van der Waals surface area contributed by atoms with Gasteiger partial charge in [-0.1, -0.05) is 20.8 Å². The highest BCUT2D eigenvalue weighted by molar-refractivity contribution is 4.92. The van der Waals surface area contributed by atoms with Crippen molar-refractivity contribution < 1.29 is 4.74 Å². The van der Waals surface area contributed by atoms with Crippen LogP contribution in [-0.2, 0) is 4.74 Å². The highest BCUT2D eigenvalue weighted by Crippen LogP contribution is 2.30. The van der Waals surface area contributed by atoms with Gasteiger partial charge in [-0.25, -0.2) is 0 Å². The summed E-state index contributed by atoms with van der Waals surface area (Å²) < 4.78 is 5.55. The minimum Gasteiger partial charge on any atom is -0.375 e. The van der Waals surface area contributed by atoms with Crippen LogP contribution in [0.1, 0.15) is 27.2 Å². The summed E-state index contributed by atoms with van der Waals surface area (Å²) in [5.41, 5.74) is 0.435. The van der Waals surface area contributed by atoms with Gasteiger partial charge in [0.2, 0.25) is 0 Å². The van der Waals surface area contributed by atoms with E-state index in [2.05, 4.69) is 25.7 Å². The number of rotatable bonds is 1. The first-order valence-corrected chi connectivity index (χ1v) is 4.90. The van der Waals surface area contributed by atoms with Crippen LogP contribution in [0.5, 0.6) is 0 Å². The Balaban J connectivity index is 1.91. The van der Waals surface area contributed by atoms with E-state index in [9.17, 15) is 0 Å². The third kappa shape index (κ3) is 1.64. The summed E-state index contributed by atoms with van der Waals surface area (Å²) in [5, 5.41) is 0. The quantitative estimate of drug-likeness (QED) is 0.590. The van der Waals surface area contributed by atoms with E-state index < -0.39 is 0 Å². The van der Waals surface area contributed by atoms with Gasteiger partial charge in [0.1, 0.15) is 0 Å². The number of morpholine rings is 1. The molecule has 0 aromatic heterocycles. The summed E-state index contributed by atoms with van der Waals surface area (Å²) in [4.78, 5) is 2.59. The summed E-state index contributed by atoms with van der Waals surface area (Å²) >= 11 is 0. The summed E-state index contributed by atoms with van der Waals surface area (Å²) in [6, 6.07) is 0.731. The summed E-state index contributed by atoms with van der Waals surface area (Å²) in [5.74, 6) is 0. The maximum Gasteiger partial charge on any atom is 0.0718 e. The molecule has 2 bridgehead atoms. The SMILES string of the molecule is CC(C)(C)CN1CC2CC1CO2. The molecule has 2 fully saturated rings. The van der Waals surface area contributed by atoms with Crippen molar-refractivity contribution >= 4 is 0 Å². The molecule has 12 heavy (non-hydrogen) atoms. The normalized spacial score (nSPS) is 36.2. The number of hydrogen-bond donors (Lipinski definition) is 0. The van der Waals surface area contributed by atoms with Gasteiger partial charge in [0.25, 0.3) is 0 Å². The van der Waals surface area contributed by atoms with Gasteiger partial charge >= 0.3 is 0 Å². The summed E-state index contributed by atoms with van der Waals surface area (Å²) in [6.07, 6.45) is 1.83. The first-order chi connectivity index (χ1) is 5.54. The Morgan fingerprint density at radius 2 is 2.17 bits per heavy atom. The number of fused-ring (bicyclic) bond motifs is 2. The minimum absolute atomic E-state index is 0.435. The Morgan fingerprint density at radius 1 is 1.42 bits per heavy atom. The molecule has 0 spiro atoms. The smallest absolute Gasteiger partial charge is 0.0718 e. The molecule has 70 valence electrons. The van der Waals surface area contributed by atoms with Gasteiger partial charge in [0.05, 0.1) is 12.7 Å². The van der Waals surface area contributed by atoms with Crippen LogP contribution >= 0.6 is 0 Å². The van der Waals surface area contributed by atoms with Crippen LogP contribution in [-0.4, -0.2) is 36.7 Å². The highest BCUT2D eigenvalue weighted by atomic mass is 16.5. The fourth-order valence-corrected chi connectivity index (χ4v) is 2.28. The van der Waals surface area contributed by atoms with Crippen LogP contribution in [0.3, 0.4) is 0 Å². The number of ether oxygens (including phenoxy) is 1. The molecule has 0 aromatic rings. The lowest BCUT2D eigenvalue weighted by Crippen LogP contribution is -2.41. The molecule has 0 aliphatic carbocycles. The molecule has 0 N–H and O–H groups in total. The maximum atomic E-state index is 5.55. The lowest BCUT2D eigenvalue weighted by Gasteiger charge is -2.32. The Kier molecular flexibility index (Phi) is 1.92. The molecular weight excluding hydrogens is 150 g/mol. The zero-order valence-corrected chi connectivity index (χ0v) is 8.34. The molecule has 2 atom stereocenters. The predicted molar refractivity (Wildman–Crippen MR) is 49.2 cm³/mol. The van der Waals surface area contributed by atoms with Gasteiger partial charge < -0.3 is 4.74 Å². The van der Waals surface area contributed by atoms with Gasteiger partial charge in [-0.15, -0.1) is 0 Å². The van der Waals surface area contributed by atoms with Crippen molar-refractivity contribution in [2.75, 3.05) is 19.7 Å². The van der Waals surface area contributed by atoms with Crippen molar-refractivity contribution in [1.29, 1.82) is 0 Å². The van der Waals surface area contributed by atoms with Crippen LogP contribution in [0, 0.1) is 5.41 Å². The Hall–Kier alpha value is -0.0800. The average Bonchev–Trinajstić information content (AvgIpc) is 2.42.